The van der Waals surface area contributed by atoms with Gasteiger partial charge in [-0.15, -0.1) is 0 Å². The highest BCUT2D eigenvalue weighted by Crippen LogP contribution is 2.33. The van der Waals surface area contributed by atoms with Crippen molar-refractivity contribution in [1.29, 1.82) is 0 Å². The van der Waals surface area contributed by atoms with E-state index < -0.39 is 0 Å². The van der Waals surface area contributed by atoms with E-state index in [2.05, 4.69) is 34.7 Å². The van der Waals surface area contributed by atoms with Crippen molar-refractivity contribution >= 4 is 22.6 Å². The molecule has 0 fully saturated rings. The lowest BCUT2D eigenvalue weighted by molar-refractivity contribution is 0.410. The Morgan fingerprint density at radius 3 is 2.75 bits per heavy atom. The van der Waals surface area contributed by atoms with Crippen molar-refractivity contribution in [1.82, 2.24) is 0 Å². The molecule has 2 heteroatoms. The summed E-state index contributed by atoms with van der Waals surface area (Å²) in [6.07, 6.45) is 3.70. The van der Waals surface area contributed by atoms with Crippen molar-refractivity contribution in [3.05, 3.63) is 26.8 Å². The van der Waals surface area contributed by atoms with Gasteiger partial charge in [-0.2, -0.15) is 0 Å². The number of ether oxygens (including phenoxy) is 1. The zero-order valence-corrected chi connectivity index (χ0v) is 9.22. The molecule has 0 radical (unpaired) electrons. The second-order valence-electron chi connectivity index (χ2n) is 3.06. The minimum Gasteiger partial charge on any atom is -0.496 e. The van der Waals surface area contributed by atoms with Gasteiger partial charge in [0.05, 0.1) is 7.11 Å². The molecule has 12 heavy (non-hydrogen) atoms. The smallest absolute Gasteiger partial charge is 0.122 e. The summed E-state index contributed by atoms with van der Waals surface area (Å²) in [4.78, 5) is 0. The van der Waals surface area contributed by atoms with Crippen molar-refractivity contribution < 1.29 is 4.74 Å². The van der Waals surface area contributed by atoms with Gasteiger partial charge < -0.3 is 4.74 Å². The van der Waals surface area contributed by atoms with Gasteiger partial charge in [0.25, 0.3) is 0 Å². The summed E-state index contributed by atoms with van der Waals surface area (Å²) in [6.45, 7) is 0. The lowest BCUT2D eigenvalue weighted by atomic mass is 10.1. The Kier molecular flexibility index (Phi) is 2.26. The molecule has 1 aromatic carbocycles. The molecule has 0 N–H and O–H groups in total. The van der Waals surface area contributed by atoms with E-state index in [1.54, 1.807) is 7.11 Å². The van der Waals surface area contributed by atoms with Crippen LogP contribution in [0.15, 0.2) is 12.1 Å². The third-order valence-electron chi connectivity index (χ3n) is 2.40. The summed E-state index contributed by atoms with van der Waals surface area (Å²) in [6, 6.07) is 4.22. The first-order valence-electron chi connectivity index (χ1n) is 4.17. The fraction of sp³-hybridized carbons (Fsp3) is 0.400. The number of hydrogen-bond acceptors (Lipinski definition) is 1. The van der Waals surface area contributed by atoms with Crippen molar-refractivity contribution in [2.24, 2.45) is 0 Å². The molecule has 64 valence electrons. The summed E-state index contributed by atoms with van der Waals surface area (Å²) < 4.78 is 6.70. The average molecular weight is 274 g/mol. The molecular formula is C10H11IO. The fourth-order valence-corrected chi connectivity index (χ4v) is 2.60. The zero-order valence-electron chi connectivity index (χ0n) is 7.06. The third-order valence-corrected chi connectivity index (χ3v) is 3.42. The molecule has 0 saturated carbocycles. The van der Waals surface area contributed by atoms with Crippen LogP contribution in [0.2, 0.25) is 0 Å². The van der Waals surface area contributed by atoms with E-state index in [1.807, 2.05) is 0 Å². The Morgan fingerprint density at radius 1 is 1.25 bits per heavy atom. The van der Waals surface area contributed by atoms with Crippen LogP contribution in [-0.4, -0.2) is 7.11 Å². The summed E-state index contributed by atoms with van der Waals surface area (Å²) >= 11 is 2.40. The molecule has 0 aromatic heterocycles. The van der Waals surface area contributed by atoms with Gasteiger partial charge in [-0.05, 0) is 65.1 Å². The van der Waals surface area contributed by atoms with Crippen LogP contribution in [0, 0.1) is 3.57 Å². The van der Waals surface area contributed by atoms with E-state index in [0.29, 0.717) is 0 Å². The lowest BCUT2D eigenvalue weighted by Gasteiger charge is -2.07. The van der Waals surface area contributed by atoms with Crippen LogP contribution in [0.4, 0.5) is 0 Å². The maximum absolute atomic E-state index is 5.31. The van der Waals surface area contributed by atoms with Gasteiger partial charge in [0, 0.05) is 3.57 Å². The molecule has 1 nitrogen and oxygen atoms in total. The quantitative estimate of drug-likeness (QED) is 0.715. The first-order valence-corrected chi connectivity index (χ1v) is 5.25. The van der Waals surface area contributed by atoms with Crippen LogP contribution in [0.25, 0.3) is 0 Å². The molecule has 0 bridgehead atoms. The minimum absolute atomic E-state index is 1.07. The van der Waals surface area contributed by atoms with Crippen molar-refractivity contribution in [2.45, 2.75) is 19.3 Å². The largest absolute Gasteiger partial charge is 0.496 e. The zero-order chi connectivity index (χ0) is 8.55. The molecule has 1 aliphatic carbocycles. The summed E-state index contributed by atoms with van der Waals surface area (Å²) in [5.41, 5.74) is 2.94. The van der Waals surface area contributed by atoms with Gasteiger partial charge in [0.1, 0.15) is 5.75 Å². The number of benzene rings is 1. The number of halogens is 1. The maximum Gasteiger partial charge on any atom is 0.122 e. The van der Waals surface area contributed by atoms with Crippen LogP contribution < -0.4 is 4.74 Å². The number of fused-ring (bicyclic) bond motifs is 1. The van der Waals surface area contributed by atoms with E-state index in [1.165, 1.54) is 34.0 Å². The van der Waals surface area contributed by atoms with Gasteiger partial charge in [0.2, 0.25) is 0 Å². The lowest BCUT2D eigenvalue weighted by Crippen LogP contribution is -1.92. The van der Waals surface area contributed by atoms with Crippen LogP contribution in [0.1, 0.15) is 17.5 Å². The first-order chi connectivity index (χ1) is 5.83. The molecule has 0 spiro atoms. The Hall–Kier alpha value is -0.250. The highest BCUT2D eigenvalue weighted by molar-refractivity contribution is 14.1. The average Bonchev–Trinajstić information content (AvgIpc) is 2.54. The Labute approximate surface area is 86.3 Å². The normalized spacial score (nSPS) is 14.5. The Morgan fingerprint density at radius 2 is 2.00 bits per heavy atom. The first kappa shape index (κ1) is 8.35. The minimum atomic E-state index is 1.07. The van der Waals surface area contributed by atoms with Crippen LogP contribution in [-0.2, 0) is 12.8 Å². The van der Waals surface area contributed by atoms with Crippen LogP contribution >= 0.6 is 22.6 Å². The maximum atomic E-state index is 5.31. The summed E-state index contributed by atoms with van der Waals surface area (Å²) in [5.74, 6) is 1.07. The molecule has 1 aromatic rings. The second-order valence-corrected chi connectivity index (χ2v) is 4.22. The molecule has 0 heterocycles. The Balaban J connectivity index is 2.57. The van der Waals surface area contributed by atoms with Crippen molar-refractivity contribution in [3.63, 3.8) is 0 Å². The van der Waals surface area contributed by atoms with Gasteiger partial charge in [-0.3, -0.25) is 0 Å². The number of methoxy groups -OCH3 is 1. The highest BCUT2D eigenvalue weighted by atomic mass is 127. The third kappa shape index (κ3) is 1.22. The van der Waals surface area contributed by atoms with Crippen molar-refractivity contribution in [3.8, 4) is 5.75 Å². The molecule has 2 rings (SSSR count). The number of rotatable bonds is 1. The molecule has 0 amide bonds. The standard InChI is InChI=1S/C10H11IO/c1-12-10-6-5-9(11)7-3-2-4-8(7)10/h5-6H,2-4H2,1H3. The van der Waals surface area contributed by atoms with Crippen LogP contribution in [0.5, 0.6) is 5.75 Å². The predicted octanol–water partition coefficient (Wildman–Crippen LogP) is 2.79. The molecule has 0 saturated heterocycles. The molecule has 0 atom stereocenters. The Bertz CT molecular complexity index is 307. The monoisotopic (exact) mass is 274 g/mol. The van der Waals surface area contributed by atoms with E-state index in [9.17, 15) is 0 Å². The van der Waals surface area contributed by atoms with Gasteiger partial charge >= 0.3 is 0 Å². The highest BCUT2D eigenvalue weighted by Gasteiger charge is 2.17. The van der Waals surface area contributed by atoms with E-state index in [0.717, 1.165) is 5.75 Å². The van der Waals surface area contributed by atoms with E-state index in [4.69, 9.17) is 4.74 Å². The molecular weight excluding hydrogens is 263 g/mol. The summed E-state index contributed by atoms with van der Waals surface area (Å²) in [5, 5.41) is 0. The number of hydrogen-bond donors (Lipinski definition) is 0. The van der Waals surface area contributed by atoms with E-state index in [-0.39, 0.29) is 0 Å². The molecule has 1 aliphatic rings. The van der Waals surface area contributed by atoms with Gasteiger partial charge in [-0.25, -0.2) is 0 Å². The molecule has 0 unspecified atom stereocenters. The topological polar surface area (TPSA) is 9.23 Å². The second kappa shape index (κ2) is 3.24. The molecule has 0 aliphatic heterocycles. The SMILES string of the molecule is COc1ccc(I)c2c1CCC2. The predicted molar refractivity (Wildman–Crippen MR) is 57.7 cm³/mol. The van der Waals surface area contributed by atoms with E-state index >= 15 is 0 Å². The van der Waals surface area contributed by atoms with Gasteiger partial charge in [-0.1, -0.05) is 0 Å². The fourth-order valence-electron chi connectivity index (χ4n) is 1.82. The van der Waals surface area contributed by atoms with Gasteiger partial charge in [0.15, 0.2) is 0 Å². The van der Waals surface area contributed by atoms with Crippen LogP contribution in [0.3, 0.4) is 0 Å². The summed E-state index contributed by atoms with van der Waals surface area (Å²) in [7, 11) is 1.75. The van der Waals surface area contributed by atoms with Crippen molar-refractivity contribution in [2.75, 3.05) is 7.11 Å².